The number of ether oxygens (including phenoxy) is 1. The van der Waals surface area contributed by atoms with Gasteiger partial charge in [0.25, 0.3) is 0 Å². The van der Waals surface area contributed by atoms with Gasteiger partial charge in [-0.15, -0.1) is 0 Å². The Balaban J connectivity index is 1.87. The summed E-state index contributed by atoms with van der Waals surface area (Å²) in [6.45, 7) is 0. The molecule has 0 unspecified atom stereocenters. The molecule has 4 nitrogen and oxygen atoms in total. The Kier molecular flexibility index (Phi) is 9.85. The van der Waals surface area contributed by atoms with Gasteiger partial charge < -0.3 is 8.92 Å². The van der Waals surface area contributed by atoms with Crippen LogP contribution in [0.3, 0.4) is 0 Å². The number of benzene rings is 6. The molecule has 0 bridgehead atoms. The van der Waals surface area contributed by atoms with Crippen LogP contribution in [0.4, 0.5) is 26.3 Å². The summed E-state index contributed by atoms with van der Waals surface area (Å²) >= 11 is 1.83. The Morgan fingerprint density at radius 3 is 1.50 bits per heavy atom. The normalized spacial score (nSPS) is 12.2. The van der Waals surface area contributed by atoms with E-state index >= 15 is 0 Å². The van der Waals surface area contributed by atoms with Crippen LogP contribution in [-0.4, -0.2) is 21.0 Å². The minimum absolute atomic E-state index is 0.0783. The van der Waals surface area contributed by atoms with E-state index in [0.29, 0.717) is 50.1 Å². The molecular weight excluding hydrogens is 813 g/mol. The van der Waals surface area contributed by atoms with Crippen molar-refractivity contribution in [2.45, 2.75) is 16.6 Å². The molecule has 0 N–H and O–H groups in total. The molecule has 0 heterocycles. The average molecular weight is 837 g/mol. The third-order valence-electron chi connectivity index (χ3n) is 7.94. The van der Waals surface area contributed by atoms with Crippen LogP contribution in [0.2, 0.25) is 0 Å². The van der Waals surface area contributed by atoms with Crippen LogP contribution in [-0.2, 0) is 16.3 Å². The summed E-state index contributed by atoms with van der Waals surface area (Å²) in [5, 5.41) is 0.744. The van der Waals surface area contributed by atoms with Crippen LogP contribution in [0.25, 0.3) is 55.3 Å². The van der Waals surface area contributed by atoms with E-state index in [4.69, 9.17) is 8.92 Å². The zero-order chi connectivity index (χ0) is 35.8. The van der Waals surface area contributed by atoms with Gasteiger partial charge in [-0.05, 0) is 101 Å². The van der Waals surface area contributed by atoms with Crippen molar-refractivity contribution in [2.24, 2.45) is 0 Å². The fraction of sp³-hybridized carbons (Fsp3) is 0.0811. The van der Waals surface area contributed by atoms with Gasteiger partial charge in [0, 0.05) is 21.2 Å². The molecule has 0 aliphatic heterocycles. The number of hydrogen-bond acceptors (Lipinski definition) is 5. The van der Waals surface area contributed by atoms with Gasteiger partial charge in [-0.2, -0.15) is 34.8 Å². The fourth-order valence-corrected chi connectivity index (χ4v) is 7.65. The fourth-order valence-electron chi connectivity index (χ4n) is 5.75. The topological polar surface area (TPSA) is 52.6 Å². The molecule has 0 atom stereocenters. The lowest BCUT2D eigenvalue weighted by Crippen LogP contribution is -2.28. The van der Waals surface area contributed by atoms with Gasteiger partial charge in [0.2, 0.25) is 0 Å². The molecule has 6 aromatic carbocycles. The molecule has 0 radical (unpaired) electrons. The van der Waals surface area contributed by atoms with Crippen molar-refractivity contribution < 1.29 is 43.7 Å². The molecule has 0 fully saturated rings. The van der Waals surface area contributed by atoms with Crippen LogP contribution < -0.4 is 8.92 Å². The van der Waals surface area contributed by atoms with Crippen LogP contribution in [0.1, 0.15) is 5.56 Å². The highest BCUT2D eigenvalue weighted by atomic mass is 127. The van der Waals surface area contributed by atoms with Crippen molar-refractivity contribution in [3.8, 4) is 56.0 Å². The summed E-state index contributed by atoms with van der Waals surface area (Å²) in [6, 6.07) is 32.6. The van der Waals surface area contributed by atoms with E-state index < -0.39 is 33.1 Å². The van der Waals surface area contributed by atoms with Gasteiger partial charge >= 0.3 is 21.8 Å². The van der Waals surface area contributed by atoms with E-state index in [1.165, 1.54) is 25.3 Å². The Bertz CT molecular complexity index is 2280. The lowest BCUT2D eigenvalue weighted by molar-refractivity contribution is -0.137. The van der Waals surface area contributed by atoms with Crippen LogP contribution >= 0.6 is 30.1 Å². The Hall–Kier alpha value is -4.21. The predicted molar refractivity (Wildman–Crippen MR) is 193 cm³/mol. The molecule has 0 amide bonds. The van der Waals surface area contributed by atoms with Crippen molar-refractivity contribution >= 4 is 51.0 Å². The highest BCUT2D eigenvalue weighted by Crippen LogP contribution is 2.53. The lowest BCUT2D eigenvalue weighted by atomic mass is 9.79. The predicted octanol–water partition coefficient (Wildman–Crippen LogP) is 12.2. The summed E-state index contributed by atoms with van der Waals surface area (Å²) in [6.07, 6.45) is -4.63. The Morgan fingerprint density at radius 2 is 1.04 bits per heavy atom. The molecule has 0 spiro atoms. The third-order valence-corrected chi connectivity index (χ3v) is 10.8. The maximum Gasteiger partial charge on any atom is 0.534 e. The van der Waals surface area contributed by atoms with E-state index in [2.05, 4.69) is 0 Å². The average Bonchev–Trinajstić information content (AvgIpc) is 3.10. The molecule has 0 aliphatic rings. The zero-order valence-electron chi connectivity index (χ0n) is 25.6. The van der Waals surface area contributed by atoms with Gasteiger partial charge in [-0.25, -0.2) is 0 Å². The van der Waals surface area contributed by atoms with Crippen molar-refractivity contribution in [3.05, 3.63) is 127 Å². The van der Waals surface area contributed by atoms with E-state index in [-0.39, 0.29) is 10.3 Å². The number of halogens is 7. The van der Waals surface area contributed by atoms with Crippen LogP contribution in [0.5, 0.6) is 11.5 Å². The van der Waals surface area contributed by atoms with Gasteiger partial charge in [-0.3, -0.25) is 0 Å². The number of hydrogen-bond donors (Lipinski definition) is 0. The minimum Gasteiger partial charge on any atom is -0.497 e. The molecule has 0 saturated heterocycles. The van der Waals surface area contributed by atoms with E-state index in [9.17, 15) is 34.8 Å². The molecule has 256 valence electrons. The maximum atomic E-state index is 13.7. The van der Waals surface area contributed by atoms with Gasteiger partial charge in [0.15, 0.2) is 5.75 Å². The smallest absolute Gasteiger partial charge is 0.497 e. The second-order valence-corrected chi connectivity index (χ2v) is 14.4. The van der Waals surface area contributed by atoms with E-state index in [1.807, 2.05) is 75.8 Å². The largest absolute Gasteiger partial charge is 0.534 e. The summed E-state index contributed by atoms with van der Waals surface area (Å²) in [5.74, 6) is -0.00565. The first kappa shape index (κ1) is 35.6. The van der Waals surface area contributed by atoms with Crippen LogP contribution in [0, 0.1) is 0 Å². The van der Waals surface area contributed by atoms with Crippen molar-refractivity contribution in [1.29, 1.82) is 0 Å². The summed E-state index contributed by atoms with van der Waals surface area (Å²) in [7, 11) is -3.61. The highest BCUT2D eigenvalue weighted by molar-refractivity contribution is 14.2. The maximum absolute atomic E-state index is 13.7. The third kappa shape index (κ3) is 6.90. The Morgan fingerprint density at radius 1 is 0.600 bits per heavy atom. The van der Waals surface area contributed by atoms with Gasteiger partial charge in [0.1, 0.15) is 5.75 Å². The number of methoxy groups -OCH3 is 1. The lowest BCUT2D eigenvalue weighted by Gasteiger charge is -2.25. The van der Waals surface area contributed by atoms with Crippen LogP contribution in [0.15, 0.2) is 126 Å². The standard InChI is InChI=1S/C37H23F6IO4S2/c1-47-27-18-14-25(15-19-27)35-32(22-8-4-2-5-9-22)29-21-31(49-44)30(48-50(45,46)37(41,42)43)20-28(29)33(34(35)23-10-6-3-7-11-23)24-12-16-26(17-13-24)36(38,39)40/h2-21H,1H3. The number of fused-ring (bicyclic) bond motifs is 1. The summed E-state index contributed by atoms with van der Waals surface area (Å²) in [5.41, 5.74) is -2.01. The minimum atomic E-state index is -6.09. The quantitative estimate of drug-likeness (QED) is 0.0662. The van der Waals surface area contributed by atoms with E-state index in [0.717, 1.165) is 26.6 Å². The van der Waals surface area contributed by atoms with Gasteiger partial charge in [0.05, 0.1) is 17.6 Å². The second-order valence-electron chi connectivity index (χ2n) is 10.9. The Labute approximate surface area is 299 Å². The molecule has 50 heavy (non-hydrogen) atoms. The highest BCUT2D eigenvalue weighted by Gasteiger charge is 2.49. The molecule has 6 rings (SSSR count). The first-order valence-electron chi connectivity index (χ1n) is 14.6. The molecule has 0 aromatic heterocycles. The SMILES string of the molecule is COc1ccc(-c2c(-c3ccccc3)c(-c3ccc(C(F)(F)F)cc3)c3cc(OS(=O)(=O)C(F)(F)F)c(SI)cc3c2-c2ccccc2)cc1. The van der Waals surface area contributed by atoms with Crippen molar-refractivity contribution in [1.82, 2.24) is 0 Å². The summed E-state index contributed by atoms with van der Waals surface area (Å²) < 4.78 is 117. The summed E-state index contributed by atoms with van der Waals surface area (Å²) in [4.78, 5) is 0.0783. The molecule has 0 saturated carbocycles. The number of rotatable bonds is 8. The van der Waals surface area contributed by atoms with E-state index in [1.54, 1.807) is 36.4 Å². The number of alkyl halides is 6. The van der Waals surface area contributed by atoms with Crippen molar-refractivity contribution in [2.75, 3.05) is 7.11 Å². The monoisotopic (exact) mass is 836 g/mol. The molecular formula is C37H23F6IO4S2. The first-order chi connectivity index (χ1) is 23.7. The van der Waals surface area contributed by atoms with Gasteiger partial charge in [-0.1, -0.05) is 84.9 Å². The first-order valence-corrected chi connectivity index (χ1v) is 19.4. The second kappa shape index (κ2) is 13.8. The zero-order valence-corrected chi connectivity index (χ0v) is 29.4. The van der Waals surface area contributed by atoms with Crippen molar-refractivity contribution in [3.63, 3.8) is 0 Å². The molecule has 0 aliphatic carbocycles. The molecule has 6 aromatic rings. The molecule has 13 heteroatoms.